The van der Waals surface area contributed by atoms with Gasteiger partial charge in [0, 0.05) is 5.39 Å². The molecular weight excluding hydrogens is 442 g/mol. The Morgan fingerprint density at radius 2 is 2.03 bits per heavy atom. The second kappa shape index (κ2) is 9.38. The van der Waals surface area contributed by atoms with Gasteiger partial charge in [-0.15, -0.1) is 0 Å². The van der Waals surface area contributed by atoms with Crippen molar-refractivity contribution in [2.45, 2.75) is 51.0 Å². The summed E-state index contributed by atoms with van der Waals surface area (Å²) in [5, 5.41) is 13.0. The third-order valence-corrected chi connectivity index (χ3v) is 6.87. The average molecular weight is 470 g/mol. The highest BCUT2D eigenvalue weighted by Crippen LogP contribution is 2.38. The van der Waals surface area contributed by atoms with E-state index in [9.17, 15) is 14.9 Å². The Balaban J connectivity index is 1.48. The highest BCUT2D eigenvalue weighted by molar-refractivity contribution is 6.07. The van der Waals surface area contributed by atoms with Crippen molar-refractivity contribution >= 4 is 34.4 Å². The first-order chi connectivity index (χ1) is 17.0. The monoisotopic (exact) mass is 469 g/mol. The molecule has 1 saturated carbocycles. The maximum atomic E-state index is 13.4. The van der Waals surface area contributed by atoms with Gasteiger partial charge in [-0.1, -0.05) is 25.1 Å². The summed E-state index contributed by atoms with van der Waals surface area (Å²) >= 11 is 0. The number of para-hydroxylation sites is 1. The van der Waals surface area contributed by atoms with Crippen LogP contribution in [-0.4, -0.2) is 29.0 Å². The number of hydrogen-bond donors (Lipinski definition) is 1. The van der Waals surface area contributed by atoms with Crippen molar-refractivity contribution in [3.63, 3.8) is 0 Å². The smallest absolute Gasteiger partial charge is 0.339 e. The molecule has 1 atom stereocenters. The molecule has 178 valence electrons. The normalized spacial score (nSPS) is 19.8. The molecule has 2 aromatic heterocycles. The number of rotatable bonds is 5. The Morgan fingerprint density at radius 1 is 1.23 bits per heavy atom. The minimum Gasteiger partial charge on any atom is -0.465 e. The number of ether oxygens (including phenoxy) is 1. The number of pyridine rings is 1. The van der Waals surface area contributed by atoms with Gasteiger partial charge in [0.25, 0.3) is 5.91 Å². The van der Waals surface area contributed by atoms with Crippen molar-refractivity contribution in [2.75, 3.05) is 6.61 Å². The number of carbonyl (C=O) groups is 2. The van der Waals surface area contributed by atoms with Gasteiger partial charge in [0.1, 0.15) is 11.3 Å². The molecule has 2 aliphatic rings. The summed E-state index contributed by atoms with van der Waals surface area (Å²) in [6.45, 7) is 1.71. The van der Waals surface area contributed by atoms with Crippen molar-refractivity contribution in [1.82, 2.24) is 10.3 Å². The minimum absolute atomic E-state index is 0.291. The van der Waals surface area contributed by atoms with Gasteiger partial charge < -0.3 is 14.5 Å². The predicted molar refractivity (Wildman–Crippen MR) is 131 cm³/mol. The van der Waals surface area contributed by atoms with E-state index in [0.29, 0.717) is 41.6 Å². The summed E-state index contributed by atoms with van der Waals surface area (Å²) in [6, 6.07) is 13.4. The van der Waals surface area contributed by atoms with Gasteiger partial charge in [-0.3, -0.25) is 4.79 Å². The molecule has 1 aromatic carbocycles. The number of aromatic nitrogens is 1. The van der Waals surface area contributed by atoms with E-state index >= 15 is 0 Å². The van der Waals surface area contributed by atoms with Crippen LogP contribution in [0.4, 0.5) is 0 Å². The van der Waals surface area contributed by atoms with Gasteiger partial charge in [0.2, 0.25) is 0 Å². The molecule has 1 unspecified atom stereocenters. The zero-order valence-corrected chi connectivity index (χ0v) is 19.7. The zero-order chi connectivity index (χ0) is 24.4. The first kappa shape index (κ1) is 22.9. The molecule has 0 spiro atoms. The van der Waals surface area contributed by atoms with Gasteiger partial charge in [-0.2, -0.15) is 5.26 Å². The molecule has 0 saturated heterocycles. The Hall–Kier alpha value is -3.92. The predicted octanol–water partition coefficient (Wildman–Crippen LogP) is 5.06. The molecule has 35 heavy (non-hydrogen) atoms. The highest BCUT2D eigenvalue weighted by atomic mass is 16.5. The van der Waals surface area contributed by atoms with Gasteiger partial charge >= 0.3 is 5.97 Å². The number of benzene rings is 1. The van der Waals surface area contributed by atoms with E-state index in [1.165, 1.54) is 0 Å². The highest BCUT2D eigenvalue weighted by Gasteiger charge is 2.36. The fraction of sp³-hybridized carbons (Fsp3) is 0.357. The molecule has 3 aromatic rings. The van der Waals surface area contributed by atoms with Crippen LogP contribution in [0.1, 0.15) is 66.4 Å². The van der Waals surface area contributed by atoms with Gasteiger partial charge in [0.05, 0.1) is 29.1 Å². The van der Waals surface area contributed by atoms with E-state index in [1.54, 1.807) is 6.26 Å². The lowest BCUT2D eigenvalue weighted by Gasteiger charge is -2.26. The number of nitrogens with one attached hydrogen (secondary N) is 1. The summed E-state index contributed by atoms with van der Waals surface area (Å²) in [5.74, 6) is 0.00759. The summed E-state index contributed by atoms with van der Waals surface area (Å²) in [7, 11) is 0. The quantitative estimate of drug-likeness (QED) is 0.524. The van der Waals surface area contributed by atoms with Crippen LogP contribution in [0.15, 0.2) is 47.1 Å². The molecule has 7 heteroatoms. The fourth-order valence-corrected chi connectivity index (χ4v) is 5.26. The van der Waals surface area contributed by atoms with E-state index in [2.05, 4.69) is 18.3 Å². The minimum atomic E-state index is -0.854. The SMILES string of the molecule is CC1C/C(=C\c2ccco2)c2nc3ccccc3c(C(=O)OCC(=O)NC3(C#N)CCCC3)c2C1. The van der Waals surface area contributed by atoms with E-state index in [4.69, 9.17) is 14.1 Å². The number of allylic oxidation sites excluding steroid dienone is 1. The Labute approximate surface area is 203 Å². The number of esters is 1. The summed E-state index contributed by atoms with van der Waals surface area (Å²) in [4.78, 5) is 30.9. The molecule has 5 rings (SSSR count). The van der Waals surface area contributed by atoms with Crippen molar-refractivity contribution in [3.05, 3.63) is 65.2 Å². The third-order valence-electron chi connectivity index (χ3n) is 6.87. The molecule has 1 N–H and O–H groups in total. The maximum Gasteiger partial charge on any atom is 0.339 e. The van der Waals surface area contributed by atoms with Crippen LogP contribution in [0.2, 0.25) is 0 Å². The first-order valence-corrected chi connectivity index (χ1v) is 12.0. The van der Waals surface area contributed by atoms with Crippen LogP contribution in [0.25, 0.3) is 22.6 Å². The van der Waals surface area contributed by atoms with E-state index < -0.39 is 24.0 Å². The fourth-order valence-electron chi connectivity index (χ4n) is 5.26. The third kappa shape index (κ3) is 4.57. The molecule has 2 heterocycles. The lowest BCUT2D eigenvalue weighted by atomic mass is 9.81. The Kier molecular flexibility index (Phi) is 6.12. The largest absolute Gasteiger partial charge is 0.465 e. The van der Waals surface area contributed by atoms with Crippen LogP contribution in [0.5, 0.6) is 0 Å². The van der Waals surface area contributed by atoms with Crippen LogP contribution in [0.3, 0.4) is 0 Å². The molecule has 1 amide bonds. The number of nitriles is 1. The van der Waals surface area contributed by atoms with Gasteiger partial charge in [-0.25, -0.2) is 9.78 Å². The molecule has 0 radical (unpaired) electrons. The van der Waals surface area contributed by atoms with Crippen molar-refractivity contribution in [1.29, 1.82) is 5.26 Å². The number of furan rings is 1. The zero-order valence-electron chi connectivity index (χ0n) is 19.7. The molecule has 0 aliphatic heterocycles. The standard InChI is InChI=1S/C28H27N3O4/c1-18-13-19(15-20-7-6-12-34-20)26-22(14-18)25(21-8-2-3-9-23(21)30-26)27(33)35-16-24(32)31-28(17-29)10-4-5-11-28/h2-3,6-9,12,15,18H,4-5,10-11,13-14,16H2,1H3,(H,31,32)/b19-15+. The summed E-state index contributed by atoms with van der Waals surface area (Å²) in [6.07, 6.45) is 8.13. The van der Waals surface area contributed by atoms with Crippen LogP contribution in [-0.2, 0) is 16.0 Å². The van der Waals surface area contributed by atoms with Crippen LogP contribution < -0.4 is 5.32 Å². The average Bonchev–Trinajstić information content (AvgIpc) is 3.54. The van der Waals surface area contributed by atoms with E-state index in [-0.39, 0.29) is 0 Å². The Bertz CT molecular complexity index is 1340. The summed E-state index contributed by atoms with van der Waals surface area (Å²) < 4.78 is 11.0. The number of nitrogens with zero attached hydrogens (tertiary/aromatic N) is 2. The topological polar surface area (TPSA) is 105 Å². The lowest BCUT2D eigenvalue weighted by Crippen LogP contribution is -2.46. The van der Waals surface area contributed by atoms with E-state index in [0.717, 1.165) is 41.9 Å². The lowest BCUT2D eigenvalue weighted by molar-refractivity contribution is -0.125. The van der Waals surface area contributed by atoms with E-state index in [1.807, 2.05) is 42.5 Å². The van der Waals surface area contributed by atoms with Crippen molar-refractivity contribution < 1.29 is 18.7 Å². The van der Waals surface area contributed by atoms with Crippen LogP contribution in [0, 0.1) is 17.2 Å². The number of hydrogen-bond acceptors (Lipinski definition) is 6. The van der Waals surface area contributed by atoms with Crippen LogP contribution >= 0.6 is 0 Å². The molecule has 1 fully saturated rings. The molecule has 0 bridgehead atoms. The van der Waals surface area contributed by atoms with Crippen molar-refractivity contribution in [2.24, 2.45) is 5.92 Å². The number of fused-ring (bicyclic) bond motifs is 2. The number of carbonyl (C=O) groups excluding carboxylic acids is 2. The molecular formula is C28H27N3O4. The molecule has 7 nitrogen and oxygen atoms in total. The van der Waals surface area contributed by atoms with Gasteiger partial charge in [-0.05, 0) is 79.9 Å². The second-order valence-electron chi connectivity index (χ2n) is 9.55. The number of amides is 1. The summed E-state index contributed by atoms with van der Waals surface area (Å²) in [5.41, 5.74) is 2.89. The Morgan fingerprint density at radius 3 is 2.77 bits per heavy atom. The maximum absolute atomic E-state index is 13.4. The first-order valence-electron chi connectivity index (χ1n) is 12.0. The van der Waals surface area contributed by atoms with Crippen molar-refractivity contribution in [3.8, 4) is 6.07 Å². The molecule has 2 aliphatic carbocycles. The van der Waals surface area contributed by atoms with Gasteiger partial charge in [0.15, 0.2) is 6.61 Å². The second-order valence-corrected chi connectivity index (χ2v) is 9.55.